The lowest BCUT2D eigenvalue weighted by Gasteiger charge is -2.09. The average Bonchev–Trinajstić information content (AvgIpc) is 2.35. The topological polar surface area (TPSA) is 12.0 Å². The minimum absolute atomic E-state index is 0.0206. The molecular weight excluding hydrogens is 263 g/mol. The van der Waals surface area contributed by atoms with E-state index in [9.17, 15) is 13.2 Å². The molecule has 0 aliphatic rings. The second-order valence-corrected chi connectivity index (χ2v) is 4.10. The third kappa shape index (κ3) is 2.76. The van der Waals surface area contributed by atoms with E-state index in [1.54, 1.807) is 0 Å². The van der Waals surface area contributed by atoms with Crippen LogP contribution in [0.15, 0.2) is 36.4 Å². The maximum absolute atomic E-state index is 13.4. The molecule has 0 aliphatic carbocycles. The van der Waals surface area contributed by atoms with Gasteiger partial charge in [0, 0.05) is 12.1 Å². The van der Waals surface area contributed by atoms with E-state index in [0.29, 0.717) is 10.7 Å². The molecule has 0 saturated heterocycles. The van der Waals surface area contributed by atoms with Gasteiger partial charge in [0.2, 0.25) is 0 Å². The molecule has 2 rings (SSSR count). The molecule has 0 unspecified atom stereocenters. The summed E-state index contributed by atoms with van der Waals surface area (Å²) in [6.45, 7) is 0.0206. The molecule has 0 aromatic heterocycles. The van der Waals surface area contributed by atoms with Gasteiger partial charge in [0.05, 0.1) is 10.7 Å². The van der Waals surface area contributed by atoms with Crippen LogP contribution in [0.1, 0.15) is 5.56 Å². The molecule has 18 heavy (non-hydrogen) atoms. The minimum atomic E-state index is -0.919. The Kier molecular flexibility index (Phi) is 3.77. The van der Waals surface area contributed by atoms with Crippen LogP contribution in [0.4, 0.5) is 18.9 Å². The average molecular weight is 272 g/mol. The zero-order valence-electron chi connectivity index (χ0n) is 9.18. The summed E-state index contributed by atoms with van der Waals surface area (Å²) in [6, 6.07) is 7.69. The number of halogens is 4. The monoisotopic (exact) mass is 271 g/mol. The lowest BCUT2D eigenvalue weighted by Crippen LogP contribution is -2.03. The van der Waals surface area contributed by atoms with Crippen LogP contribution in [0.3, 0.4) is 0 Å². The van der Waals surface area contributed by atoms with Crippen molar-refractivity contribution in [1.82, 2.24) is 0 Å². The normalized spacial score (nSPS) is 10.4. The Morgan fingerprint density at radius 1 is 1.06 bits per heavy atom. The highest BCUT2D eigenvalue weighted by Crippen LogP contribution is 2.23. The van der Waals surface area contributed by atoms with Crippen LogP contribution in [-0.2, 0) is 6.54 Å². The van der Waals surface area contributed by atoms with Crippen molar-refractivity contribution in [1.29, 1.82) is 0 Å². The second-order valence-electron chi connectivity index (χ2n) is 3.69. The van der Waals surface area contributed by atoms with Crippen LogP contribution in [0.2, 0.25) is 5.02 Å². The van der Waals surface area contributed by atoms with Crippen molar-refractivity contribution in [3.63, 3.8) is 0 Å². The molecule has 0 amide bonds. The Balaban J connectivity index is 2.16. The fourth-order valence-electron chi connectivity index (χ4n) is 1.51. The van der Waals surface area contributed by atoms with Gasteiger partial charge < -0.3 is 5.32 Å². The first-order valence-electron chi connectivity index (χ1n) is 5.20. The predicted molar refractivity (Wildman–Crippen MR) is 65.1 cm³/mol. The van der Waals surface area contributed by atoms with Gasteiger partial charge in [-0.05, 0) is 24.3 Å². The largest absolute Gasteiger partial charge is 0.380 e. The van der Waals surface area contributed by atoms with Crippen molar-refractivity contribution in [3.8, 4) is 0 Å². The summed E-state index contributed by atoms with van der Waals surface area (Å²) in [5, 5.41) is 3.07. The number of hydrogen-bond donors (Lipinski definition) is 1. The molecule has 0 fully saturated rings. The van der Waals surface area contributed by atoms with E-state index >= 15 is 0 Å². The van der Waals surface area contributed by atoms with E-state index in [-0.39, 0.29) is 12.1 Å². The summed E-state index contributed by atoms with van der Waals surface area (Å²) >= 11 is 5.84. The molecule has 1 N–H and O–H groups in total. The van der Waals surface area contributed by atoms with E-state index in [1.165, 1.54) is 30.3 Å². The molecular formula is C13H9ClF3N. The lowest BCUT2D eigenvalue weighted by atomic mass is 10.2. The standard InChI is InChI=1S/C13H9ClF3N/c14-10-5-4-9(15)6-12(10)18-7-8-2-1-3-11(16)13(8)17/h1-6,18H,7H2. The van der Waals surface area contributed by atoms with E-state index in [1.807, 2.05) is 0 Å². The Hall–Kier alpha value is -1.68. The highest BCUT2D eigenvalue weighted by Gasteiger charge is 2.08. The summed E-state index contributed by atoms with van der Waals surface area (Å²) in [5.74, 6) is -2.29. The molecule has 0 radical (unpaired) electrons. The maximum atomic E-state index is 13.4. The van der Waals surface area contributed by atoms with Crippen molar-refractivity contribution in [2.24, 2.45) is 0 Å². The van der Waals surface area contributed by atoms with E-state index < -0.39 is 17.5 Å². The molecule has 0 spiro atoms. The van der Waals surface area contributed by atoms with Gasteiger partial charge >= 0.3 is 0 Å². The zero-order valence-corrected chi connectivity index (χ0v) is 9.94. The quantitative estimate of drug-likeness (QED) is 0.874. The van der Waals surface area contributed by atoms with Gasteiger partial charge in [-0.25, -0.2) is 13.2 Å². The Morgan fingerprint density at radius 2 is 1.83 bits per heavy atom. The molecule has 0 atom stereocenters. The van der Waals surface area contributed by atoms with Crippen LogP contribution in [0.5, 0.6) is 0 Å². The first-order chi connectivity index (χ1) is 8.58. The number of rotatable bonds is 3. The summed E-state index contributed by atoms with van der Waals surface area (Å²) in [7, 11) is 0. The van der Waals surface area contributed by atoms with Gasteiger partial charge in [-0.1, -0.05) is 23.7 Å². The van der Waals surface area contributed by atoms with Crippen LogP contribution < -0.4 is 5.32 Å². The summed E-state index contributed by atoms with van der Waals surface area (Å²) in [4.78, 5) is 0. The highest BCUT2D eigenvalue weighted by molar-refractivity contribution is 6.33. The van der Waals surface area contributed by atoms with E-state index in [4.69, 9.17) is 11.6 Å². The highest BCUT2D eigenvalue weighted by atomic mass is 35.5. The lowest BCUT2D eigenvalue weighted by molar-refractivity contribution is 0.500. The van der Waals surface area contributed by atoms with Gasteiger partial charge in [-0.2, -0.15) is 0 Å². The molecule has 94 valence electrons. The number of anilines is 1. The minimum Gasteiger partial charge on any atom is -0.380 e. The van der Waals surface area contributed by atoms with Crippen molar-refractivity contribution in [3.05, 3.63) is 64.4 Å². The molecule has 5 heteroatoms. The van der Waals surface area contributed by atoms with E-state index in [2.05, 4.69) is 5.32 Å². The first-order valence-corrected chi connectivity index (χ1v) is 5.57. The smallest absolute Gasteiger partial charge is 0.163 e. The number of hydrogen-bond acceptors (Lipinski definition) is 1. The molecule has 0 bridgehead atoms. The molecule has 1 nitrogen and oxygen atoms in total. The SMILES string of the molecule is Fc1ccc(Cl)c(NCc2cccc(F)c2F)c1. The van der Waals surface area contributed by atoms with Crippen molar-refractivity contribution >= 4 is 17.3 Å². The predicted octanol–water partition coefficient (Wildman–Crippen LogP) is 4.37. The van der Waals surface area contributed by atoms with Gasteiger partial charge in [-0.15, -0.1) is 0 Å². The summed E-state index contributed by atoms with van der Waals surface area (Å²) in [6.07, 6.45) is 0. The third-order valence-electron chi connectivity index (χ3n) is 2.43. The summed E-state index contributed by atoms with van der Waals surface area (Å²) < 4.78 is 39.3. The molecule has 2 aromatic rings. The van der Waals surface area contributed by atoms with E-state index in [0.717, 1.165) is 6.07 Å². The molecule has 0 saturated carbocycles. The zero-order chi connectivity index (χ0) is 13.1. The fourth-order valence-corrected chi connectivity index (χ4v) is 1.69. The number of benzene rings is 2. The number of nitrogens with one attached hydrogen (secondary N) is 1. The Morgan fingerprint density at radius 3 is 2.61 bits per heavy atom. The fraction of sp³-hybridized carbons (Fsp3) is 0.0769. The van der Waals surface area contributed by atoms with Crippen molar-refractivity contribution in [2.75, 3.05) is 5.32 Å². The van der Waals surface area contributed by atoms with Gasteiger partial charge in [-0.3, -0.25) is 0 Å². The summed E-state index contributed by atoms with van der Waals surface area (Å²) in [5.41, 5.74) is 0.482. The van der Waals surface area contributed by atoms with Gasteiger partial charge in [0.25, 0.3) is 0 Å². The third-order valence-corrected chi connectivity index (χ3v) is 2.76. The molecule has 0 aliphatic heterocycles. The van der Waals surface area contributed by atoms with Crippen molar-refractivity contribution in [2.45, 2.75) is 6.54 Å². The van der Waals surface area contributed by atoms with Crippen LogP contribution in [0.25, 0.3) is 0 Å². The maximum Gasteiger partial charge on any atom is 0.163 e. The van der Waals surface area contributed by atoms with Crippen LogP contribution in [0, 0.1) is 17.5 Å². The first kappa shape index (κ1) is 12.8. The molecule has 0 heterocycles. The van der Waals surface area contributed by atoms with Crippen molar-refractivity contribution < 1.29 is 13.2 Å². The van der Waals surface area contributed by atoms with Crippen LogP contribution in [-0.4, -0.2) is 0 Å². The Bertz CT molecular complexity index is 570. The second kappa shape index (κ2) is 5.31. The van der Waals surface area contributed by atoms with Gasteiger partial charge in [0.15, 0.2) is 11.6 Å². The molecule has 2 aromatic carbocycles. The van der Waals surface area contributed by atoms with Crippen LogP contribution >= 0.6 is 11.6 Å². The Labute approximate surface area is 107 Å². The van der Waals surface area contributed by atoms with Gasteiger partial charge in [0.1, 0.15) is 5.82 Å².